The summed E-state index contributed by atoms with van der Waals surface area (Å²) in [6, 6.07) is 6.56. The molecule has 0 radical (unpaired) electrons. The van der Waals surface area contributed by atoms with Crippen LogP contribution in [0, 0.1) is 0 Å². The number of phenolic OH excluding ortho intramolecular Hbond substituents is 1. The highest BCUT2D eigenvalue weighted by Crippen LogP contribution is 2.60. The maximum absolute atomic E-state index is 13.0. The van der Waals surface area contributed by atoms with Crippen LogP contribution in [0.3, 0.4) is 0 Å². The smallest absolute Gasteiger partial charge is 0.254 e. The van der Waals surface area contributed by atoms with Gasteiger partial charge >= 0.3 is 0 Å². The predicted molar refractivity (Wildman–Crippen MR) is 96.6 cm³/mol. The Morgan fingerprint density at radius 3 is 2.58 bits per heavy atom. The normalized spacial score (nSPS) is 32.5. The molecule has 1 aromatic carbocycles. The van der Waals surface area contributed by atoms with Crippen LogP contribution in [-0.2, 0) is 9.59 Å². The molecule has 0 bridgehead atoms. The van der Waals surface area contributed by atoms with Gasteiger partial charge in [0.1, 0.15) is 5.75 Å². The number of hydrogen-bond acceptors (Lipinski definition) is 3. The number of imide groups is 1. The molecular formula is C17H14BrCl2NO3. The molecule has 1 aromatic rings. The number of amides is 2. The zero-order valence-corrected chi connectivity index (χ0v) is 15.6. The van der Waals surface area contributed by atoms with Crippen LogP contribution in [0.25, 0.3) is 0 Å². The highest BCUT2D eigenvalue weighted by Gasteiger charge is 2.72. The third-order valence-corrected chi connectivity index (χ3v) is 6.59. The van der Waals surface area contributed by atoms with Gasteiger partial charge in [-0.2, -0.15) is 0 Å². The van der Waals surface area contributed by atoms with E-state index in [2.05, 4.69) is 22.5 Å². The molecule has 1 aliphatic heterocycles. The molecule has 0 unspecified atom stereocenters. The summed E-state index contributed by atoms with van der Waals surface area (Å²) in [6.45, 7) is 3.77. The molecule has 0 aromatic heterocycles. The van der Waals surface area contributed by atoms with E-state index in [9.17, 15) is 14.7 Å². The van der Waals surface area contributed by atoms with Crippen molar-refractivity contribution in [1.29, 1.82) is 0 Å². The second kappa shape index (κ2) is 5.90. The quantitative estimate of drug-likeness (QED) is 0.452. The number of halogens is 3. The lowest BCUT2D eigenvalue weighted by Gasteiger charge is -2.42. The Hall–Kier alpha value is -1.30. The molecule has 126 valence electrons. The van der Waals surface area contributed by atoms with Crippen molar-refractivity contribution in [1.82, 2.24) is 4.90 Å². The van der Waals surface area contributed by atoms with Crippen molar-refractivity contribution in [3.8, 4) is 5.75 Å². The van der Waals surface area contributed by atoms with Gasteiger partial charge in [0.2, 0.25) is 0 Å². The van der Waals surface area contributed by atoms with Gasteiger partial charge in [0.15, 0.2) is 9.75 Å². The first-order chi connectivity index (χ1) is 11.3. The summed E-state index contributed by atoms with van der Waals surface area (Å²) in [5.74, 6) is -1.93. The molecule has 4 nitrogen and oxygen atoms in total. The average Bonchev–Trinajstić information content (AvgIpc) is 2.72. The van der Waals surface area contributed by atoms with Crippen molar-refractivity contribution >= 4 is 50.9 Å². The fourth-order valence-corrected chi connectivity index (χ4v) is 4.79. The molecule has 1 saturated heterocycles. The molecule has 1 N–H and O–H groups in total. The number of para-hydroxylation sites is 1. The van der Waals surface area contributed by atoms with Crippen LogP contribution in [0.4, 0.5) is 0 Å². The average molecular weight is 431 g/mol. The first-order valence-electron chi connectivity index (χ1n) is 7.23. The third-order valence-electron chi connectivity index (χ3n) is 4.67. The highest BCUT2D eigenvalue weighted by atomic mass is 79.9. The van der Waals surface area contributed by atoms with E-state index in [0.717, 1.165) is 4.90 Å². The van der Waals surface area contributed by atoms with E-state index in [-0.39, 0.29) is 17.6 Å². The minimum Gasteiger partial charge on any atom is -0.508 e. The van der Waals surface area contributed by atoms with Crippen molar-refractivity contribution in [2.45, 2.75) is 22.1 Å². The molecule has 3 rings (SSSR count). The number of carbonyl (C=O) groups is 2. The number of benzene rings is 1. The van der Waals surface area contributed by atoms with Gasteiger partial charge in [0, 0.05) is 11.5 Å². The van der Waals surface area contributed by atoms with Crippen LogP contribution in [0.15, 0.2) is 48.6 Å². The van der Waals surface area contributed by atoms with Crippen LogP contribution in [0.1, 0.15) is 17.9 Å². The minimum atomic E-state index is -1.74. The topological polar surface area (TPSA) is 57.6 Å². The van der Waals surface area contributed by atoms with Crippen molar-refractivity contribution in [2.75, 3.05) is 5.45 Å². The number of rotatable bonds is 3. The summed E-state index contributed by atoms with van der Waals surface area (Å²) in [7, 11) is 0. The molecule has 0 saturated carbocycles. The molecule has 24 heavy (non-hydrogen) atoms. The SMILES string of the molecule is C=CC1=CC[C@@]2(Cl)C(=O)N(CBr)C(=O)[C@@]2(Cl)[C@H]1c1ccccc1O. The van der Waals surface area contributed by atoms with E-state index in [1.54, 1.807) is 30.4 Å². The maximum Gasteiger partial charge on any atom is 0.254 e. The number of alkyl halides is 3. The van der Waals surface area contributed by atoms with Crippen LogP contribution in [-0.4, -0.2) is 37.0 Å². The van der Waals surface area contributed by atoms with Crippen molar-refractivity contribution < 1.29 is 14.7 Å². The minimum absolute atomic E-state index is 0.00449. The molecule has 2 amide bonds. The Morgan fingerprint density at radius 1 is 1.33 bits per heavy atom. The zero-order chi connectivity index (χ0) is 17.7. The van der Waals surface area contributed by atoms with Gasteiger partial charge in [-0.1, -0.05) is 52.9 Å². The summed E-state index contributed by atoms with van der Waals surface area (Å²) in [4.78, 5) is 23.3. The largest absolute Gasteiger partial charge is 0.508 e. The van der Waals surface area contributed by atoms with Gasteiger partial charge in [-0.25, -0.2) is 0 Å². The van der Waals surface area contributed by atoms with E-state index in [1.165, 1.54) is 6.07 Å². The molecular weight excluding hydrogens is 417 g/mol. The lowest BCUT2D eigenvalue weighted by molar-refractivity contribution is -0.138. The first kappa shape index (κ1) is 17.5. The third kappa shape index (κ3) is 2.04. The second-order valence-corrected chi connectivity index (χ2v) is 7.52. The van der Waals surface area contributed by atoms with Crippen LogP contribution in [0.2, 0.25) is 0 Å². The summed E-state index contributed by atoms with van der Waals surface area (Å²) >= 11 is 16.6. The first-order valence-corrected chi connectivity index (χ1v) is 9.11. The fraction of sp³-hybridized carbons (Fsp3) is 0.294. The summed E-state index contributed by atoms with van der Waals surface area (Å²) in [6.07, 6.45) is 3.44. The maximum atomic E-state index is 13.0. The summed E-state index contributed by atoms with van der Waals surface area (Å²) in [5, 5.41) is 10.3. The number of aromatic hydroxyl groups is 1. The number of phenols is 1. The monoisotopic (exact) mass is 429 g/mol. The highest BCUT2D eigenvalue weighted by molar-refractivity contribution is 9.09. The Bertz CT molecular complexity index is 781. The molecule has 0 spiro atoms. The lowest BCUT2D eigenvalue weighted by Crippen LogP contribution is -2.54. The second-order valence-electron chi connectivity index (χ2n) is 5.77. The number of carbonyl (C=O) groups excluding carboxylic acids is 2. The molecule has 1 heterocycles. The van der Waals surface area contributed by atoms with Crippen LogP contribution in [0.5, 0.6) is 5.75 Å². The van der Waals surface area contributed by atoms with Crippen molar-refractivity contribution in [3.05, 3.63) is 54.1 Å². The fourth-order valence-electron chi connectivity index (χ4n) is 3.46. The van der Waals surface area contributed by atoms with E-state index in [4.69, 9.17) is 23.2 Å². The number of fused-ring (bicyclic) bond motifs is 1. The number of nitrogens with zero attached hydrogens (tertiary/aromatic N) is 1. The standard InChI is InChI=1S/C17H14BrCl2NO3/c1-2-10-7-8-16(19)14(23)21(9-18)15(24)17(16,20)13(10)11-5-3-4-6-12(11)22/h2-7,13,22H,1,8-9H2/t13-,16-,17+/m1/s1. The van der Waals surface area contributed by atoms with E-state index >= 15 is 0 Å². The Morgan fingerprint density at radius 2 is 2.00 bits per heavy atom. The van der Waals surface area contributed by atoms with Crippen molar-refractivity contribution in [3.63, 3.8) is 0 Å². The van der Waals surface area contributed by atoms with Gasteiger partial charge < -0.3 is 5.11 Å². The zero-order valence-electron chi connectivity index (χ0n) is 12.5. The van der Waals surface area contributed by atoms with E-state index in [0.29, 0.717) is 11.1 Å². The van der Waals surface area contributed by atoms with Crippen molar-refractivity contribution in [2.24, 2.45) is 0 Å². The Balaban J connectivity index is 2.29. The lowest BCUT2D eigenvalue weighted by atomic mass is 9.68. The van der Waals surface area contributed by atoms with Crippen LogP contribution >= 0.6 is 39.1 Å². The summed E-state index contributed by atoms with van der Waals surface area (Å²) < 4.78 is 0. The summed E-state index contributed by atoms with van der Waals surface area (Å²) in [5.41, 5.74) is 1.09. The Labute approximate surface area is 157 Å². The van der Waals surface area contributed by atoms with Gasteiger partial charge in [0.05, 0.1) is 5.45 Å². The Kier molecular flexibility index (Phi) is 4.31. The molecule has 1 fully saturated rings. The van der Waals surface area contributed by atoms with E-state index in [1.807, 2.05) is 0 Å². The molecule has 3 atom stereocenters. The van der Waals surface area contributed by atoms with Gasteiger partial charge in [-0.05, 0) is 18.1 Å². The predicted octanol–water partition coefficient (Wildman–Crippen LogP) is 3.67. The number of allylic oxidation sites excluding steroid dienone is 3. The van der Waals surface area contributed by atoms with Gasteiger partial charge in [-0.3, -0.25) is 14.5 Å². The molecule has 2 aliphatic rings. The molecule has 7 heteroatoms. The van der Waals surface area contributed by atoms with Gasteiger partial charge in [0.25, 0.3) is 11.8 Å². The number of hydrogen-bond donors (Lipinski definition) is 1. The van der Waals surface area contributed by atoms with Crippen LogP contribution < -0.4 is 0 Å². The molecule has 1 aliphatic carbocycles. The van der Waals surface area contributed by atoms with Gasteiger partial charge in [-0.15, -0.1) is 23.2 Å². The van der Waals surface area contributed by atoms with E-state index < -0.39 is 27.5 Å². The number of likely N-dealkylation sites (tertiary alicyclic amines) is 1.